The van der Waals surface area contributed by atoms with E-state index in [0.29, 0.717) is 12.2 Å². The first-order valence-electron chi connectivity index (χ1n) is 8.44. The first kappa shape index (κ1) is 16.7. The van der Waals surface area contributed by atoms with Crippen molar-refractivity contribution in [3.63, 3.8) is 0 Å². The van der Waals surface area contributed by atoms with Gasteiger partial charge in [-0.2, -0.15) is 5.26 Å². The molecule has 3 heteroatoms. The topological polar surface area (TPSA) is 36.3 Å². The van der Waals surface area contributed by atoms with Crippen molar-refractivity contribution in [2.24, 2.45) is 0 Å². The average molecular weight is 320 g/mol. The molecular weight excluding hydrogens is 296 g/mol. The van der Waals surface area contributed by atoms with Crippen LogP contribution < -0.4 is 0 Å². The van der Waals surface area contributed by atoms with E-state index >= 15 is 0 Å². The molecule has 0 fully saturated rings. The van der Waals surface area contributed by atoms with Gasteiger partial charge in [-0.3, -0.25) is 0 Å². The molecule has 0 spiro atoms. The van der Waals surface area contributed by atoms with Gasteiger partial charge in [-0.15, -0.1) is 0 Å². The summed E-state index contributed by atoms with van der Waals surface area (Å²) in [5, 5.41) is 9.15. The lowest BCUT2D eigenvalue weighted by Crippen LogP contribution is -2.28. The number of aryl methyl sites for hydroxylation is 1. The first-order valence-corrected chi connectivity index (χ1v) is 8.44. The second-order valence-corrected chi connectivity index (χ2v) is 6.87. The lowest BCUT2D eigenvalue weighted by molar-refractivity contribution is -0.0139. The van der Waals surface area contributed by atoms with Gasteiger partial charge >= 0.3 is 0 Å². The normalized spacial score (nSPS) is 19.3. The minimum Gasteiger partial charge on any atom is -0.361 e. The molecule has 2 aromatic carbocycles. The molecule has 0 aromatic heterocycles. The van der Waals surface area contributed by atoms with Crippen LogP contribution in [-0.2, 0) is 16.9 Å². The van der Waals surface area contributed by atoms with Gasteiger partial charge in [0.15, 0.2) is 0 Å². The molecule has 0 amide bonds. The summed E-state index contributed by atoms with van der Waals surface area (Å²) in [5.41, 5.74) is 5.11. The zero-order valence-electron chi connectivity index (χ0n) is 14.7. The summed E-state index contributed by atoms with van der Waals surface area (Å²) in [7, 11) is 4.20. The Morgan fingerprint density at radius 3 is 2.58 bits per heavy atom. The van der Waals surface area contributed by atoms with Gasteiger partial charge in [0.1, 0.15) is 5.60 Å². The number of nitriles is 1. The summed E-state index contributed by atoms with van der Waals surface area (Å²) in [5.74, 6) is 0. The largest absolute Gasteiger partial charge is 0.361 e. The van der Waals surface area contributed by atoms with Gasteiger partial charge in [-0.25, -0.2) is 0 Å². The minimum absolute atomic E-state index is 0.396. The van der Waals surface area contributed by atoms with Crippen LogP contribution in [-0.4, -0.2) is 25.5 Å². The molecule has 3 nitrogen and oxygen atoms in total. The number of rotatable bonds is 5. The molecule has 0 bridgehead atoms. The molecule has 1 heterocycles. The molecule has 1 atom stereocenters. The smallest absolute Gasteiger partial charge is 0.119 e. The Morgan fingerprint density at radius 1 is 1.17 bits per heavy atom. The average Bonchev–Trinajstić information content (AvgIpc) is 2.94. The summed E-state index contributed by atoms with van der Waals surface area (Å²) < 4.78 is 6.39. The number of benzene rings is 2. The third-order valence-electron chi connectivity index (χ3n) is 4.80. The van der Waals surface area contributed by atoms with E-state index < -0.39 is 5.60 Å². The maximum absolute atomic E-state index is 9.15. The van der Waals surface area contributed by atoms with E-state index in [2.05, 4.69) is 62.3 Å². The van der Waals surface area contributed by atoms with Gasteiger partial charge in [0.2, 0.25) is 0 Å². The summed E-state index contributed by atoms with van der Waals surface area (Å²) in [6.45, 7) is 3.70. The van der Waals surface area contributed by atoms with Gasteiger partial charge in [0, 0.05) is 0 Å². The number of hydrogen-bond donors (Lipinski definition) is 0. The molecule has 24 heavy (non-hydrogen) atoms. The highest BCUT2D eigenvalue weighted by molar-refractivity contribution is 5.48. The van der Waals surface area contributed by atoms with Crippen LogP contribution in [0.2, 0.25) is 0 Å². The number of hydrogen-bond acceptors (Lipinski definition) is 3. The zero-order valence-corrected chi connectivity index (χ0v) is 14.7. The third kappa shape index (κ3) is 3.08. The van der Waals surface area contributed by atoms with Crippen molar-refractivity contribution in [2.75, 3.05) is 20.6 Å². The third-order valence-corrected chi connectivity index (χ3v) is 4.80. The van der Waals surface area contributed by atoms with Crippen molar-refractivity contribution in [2.45, 2.75) is 32.0 Å². The van der Waals surface area contributed by atoms with Gasteiger partial charge in [-0.1, -0.05) is 35.9 Å². The Morgan fingerprint density at radius 2 is 1.92 bits per heavy atom. The first-order chi connectivity index (χ1) is 11.5. The Bertz CT molecular complexity index is 758. The standard InChI is InChI=1S/C21H24N2O/c1-16-5-8-19(9-6-16)21(11-4-12-23(2)3)20-10-7-17(14-22)13-18(20)15-24-21/h5-10,13H,4,11-12,15H2,1-3H3/t21-/m0/s1. The van der Waals surface area contributed by atoms with Gasteiger partial charge in [-0.05, 0) is 69.2 Å². The maximum Gasteiger partial charge on any atom is 0.119 e. The second-order valence-electron chi connectivity index (χ2n) is 6.87. The maximum atomic E-state index is 9.15. The summed E-state index contributed by atoms with van der Waals surface area (Å²) in [4.78, 5) is 2.21. The molecule has 2 aromatic rings. The molecular formula is C21H24N2O. The highest BCUT2D eigenvalue weighted by Gasteiger charge is 2.41. The predicted octanol–water partition coefficient (Wildman–Crippen LogP) is 3.98. The van der Waals surface area contributed by atoms with Crippen LogP contribution >= 0.6 is 0 Å². The van der Waals surface area contributed by atoms with Crippen LogP contribution in [0.5, 0.6) is 0 Å². The van der Waals surface area contributed by atoms with Crippen molar-refractivity contribution in [3.05, 3.63) is 70.3 Å². The Balaban J connectivity index is 2.02. The lowest BCUT2D eigenvalue weighted by Gasteiger charge is -2.31. The Labute approximate surface area is 144 Å². The van der Waals surface area contributed by atoms with Crippen LogP contribution in [0.4, 0.5) is 0 Å². The van der Waals surface area contributed by atoms with E-state index in [1.165, 1.54) is 16.7 Å². The van der Waals surface area contributed by atoms with Crippen LogP contribution in [0.25, 0.3) is 0 Å². The van der Waals surface area contributed by atoms with Gasteiger partial charge in [0.25, 0.3) is 0 Å². The molecule has 0 N–H and O–H groups in total. The van der Waals surface area contributed by atoms with Crippen molar-refractivity contribution in [1.29, 1.82) is 5.26 Å². The van der Waals surface area contributed by atoms with Crippen LogP contribution in [0.3, 0.4) is 0 Å². The number of nitrogens with zero attached hydrogens (tertiary/aromatic N) is 2. The van der Waals surface area contributed by atoms with Crippen LogP contribution in [0, 0.1) is 18.3 Å². The Hall–Kier alpha value is -2.15. The molecule has 0 aliphatic carbocycles. The lowest BCUT2D eigenvalue weighted by atomic mass is 9.81. The van der Waals surface area contributed by atoms with Crippen LogP contribution in [0.1, 0.15) is 40.7 Å². The molecule has 0 saturated carbocycles. The van der Waals surface area contributed by atoms with E-state index in [1.54, 1.807) is 0 Å². The van der Waals surface area contributed by atoms with Crippen molar-refractivity contribution in [3.8, 4) is 6.07 Å². The quantitative estimate of drug-likeness (QED) is 0.836. The SMILES string of the molecule is Cc1ccc([C@]2(CCCN(C)C)OCc3cc(C#N)ccc32)cc1. The fraction of sp³-hybridized carbons (Fsp3) is 0.381. The van der Waals surface area contributed by atoms with Crippen LogP contribution in [0.15, 0.2) is 42.5 Å². The molecule has 1 aliphatic rings. The highest BCUT2D eigenvalue weighted by Crippen LogP contribution is 2.45. The van der Waals surface area contributed by atoms with E-state index in [9.17, 15) is 0 Å². The van der Waals surface area contributed by atoms with Crippen molar-refractivity contribution < 1.29 is 4.74 Å². The summed E-state index contributed by atoms with van der Waals surface area (Å²) in [6.07, 6.45) is 1.99. The zero-order chi connectivity index (χ0) is 17.2. The number of ether oxygens (including phenoxy) is 1. The molecule has 0 unspecified atom stereocenters. The van der Waals surface area contributed by atoms with Crippen molar-refractivity contribution >= 4 is 0 Å². The van der Waals surface area contributed by atoms with E-state index in [-0.39, 0.29) is 0 Å². The van der Waals surface area contributed by atoms with Gasteiger partial charge in [0.05, 0.1) is 18.2 Å². The molecule has 1 aliphatic heterocycles. The number of fused-ring (bicyclic) bond motifs is 1. The van der Waals surface area contributed by atoms with Crippen molar-refractivity contribution in [1.82, 2.24) is 4.90 Å². The minimum atomic E-state index is -0.396. The van der Waals surface area contributed by atoms with E-state index in [1.807, 2.05) is 12.1 Å². The predicted molar refractivity (Wildman–Crippen MR) is 95.7 cm³/mol. The molecule has 0 saturated heterocycles. The van der Waals surface area contributed by atoms with Gasteiger partial charge < -0.3 is 9.64 Å². The highest BCUT2D eigenvalue weighted by atomic mass is 16.5. The summed E-state index contributed by atoms with van der Waals surface area (Å²) >= 11 is 0. The second kappa shape index (κ2) is 6.76. The Kier molecular flexibility index (Phi) is 4.71. The monoisotopic (exact) mass is 320 g/mol. The fourth-order valence-corrected chi connectivity index (χ4v) is 3.51. The fourth-order valence-electron chi connectivity index (χ4n) is 3.51. The summed E-state index contributed by atoms with van der Waals surface area (Å²) in [6, 6.07) is 16.8. The van der Waals surface area contributed by atoms with E-state index in [4.69, 9.17) is 10.00 Å². The molecule has 3 rings (SSSR count). The molecule has 124 valence electrons. The molecule has 0 radical (unpaired) electrons. The van der Waals surface area contributed by atoms with E-state index in [0.717, 1.165) is 24.9 Å².